The number of methoxy groups -OCH3 is 1. The highest BCUT2D eigenvalue weighted by molar-refractivity contribution is 6.17. The second kappa shape index (κ2) is 16.3. The molecule has 0 bridgehead atoms. The van der Waals surface area contributed by atoms with Crippen LogP contribution in [0.4, 0.5) is 14.9 Å². The lowest BCUT2D eigenvalue weighted by molar-refractivity contribution is -0.180. The molecule has 51 heavy (non-hydrogen) atoms. The second-order valence-electron chi connectivity index (χ2n) is 15.0. The van der Waals surface area contributed by atoms with Gasteiger partial charge < -0.3 is 25.3 Å². The molecule has 12 nitrogen and oxygen atoms in total. The number of rotatable bonds is 10. The molecule has 280 valence electrons. The number of hydrogen-bond donors (Lipinski definition) is 2. The van der Waals surface area contributed by atoms with Crippen LogP contribution in [0, 0.1) is 11.8 Å². The first-order valence-electron chi connectivity index (χ1n) is 18.1. The maximum Gasteiger partial charge on any atom is 0.410 e. The summed E-state index contributed by atoms with van der Waals surface area (Å²) in [7, 11) is 3.44. The number of allylic oxidation sites excluding steroid dienone is 1. The third kappa shape index (κ3) is 8.32. The lowest BCUT2D eigenvalue weighted by Gasteiger charge is -2.41. The molecule has 2 aliphatic heterocycles. The number of benzene rings is 1. The molecule has 0 aliphatic carbocycles. The van der Waals surface area contributed by atoms with Gasteiger partial charge in [0.25, 0.3) is 5.67 Å². The number of nitrogens with two attached hydrogens (primary N) is 1. The van der Waals surface area contributed by atoms with Gasteiger partial charge in [-0.05, 0) is 76.9 Å². The summed E-state index contributed by atoms with van der Waals surface area (Å²) in [6.45, 7) is 16.3. The molecule has 14 heteroatoms. The van der Waals surface area contributed by atoms with Gasteiger partial charge in [-0.3, -0.25) is 14.4 Å². The summed E-state index contributed by atoms with van der Waals surface area (Å²) in [6.07, 6.45) is 3.04. The van der Waals surface area contributed by atoms with Gasteiger partial charge >= 0.3 is 12.1 Å². The Hall–Kier alpha value is -3.78. The fraction of sp³-hybridized carbons (Fsp3) is 0.649. The Bertz CT molecular complexity index is 1560. The number of carbonyl (C=O) groups excluding carboxylic acids is 3. The van der Waals surface area contributed by atoms with E-state index in [2.05, 4.69) is 29.1 Å². The average Bonchev–Trinajstić information content (AvgIpc) is 3.68. The van der Waals surface area contributed by atoms with Crippen LogP contribution in [0.25, 0.3) is 11.3 Å². The van der Waals surface area contributed by atoms with Gasteiger partial charge in [-0.1, -0.05) is 44.2 Å². The van der Waals surface area contributed by atoms with Crippen LogP contribution in [0.5, 0.6) is 0 Å². The number of amides is 1. The Morgan fingerprint density at radius 1 is 1.20 bits per heavy atom. The van der Waals surface area contributed by atoms with Crippen LogP contribution in [0.1, 0.15) is 73.6 Å². The average molecular weight is 711 g/mol. The van der Waals surface area contributed by atoms with Gasteiger partial charge in [0.1, 0.15) is 19.6 Å². The van der Waals surface area contributed by atoms with Crippen LogP contribution in [0.15, 0.2) is 43.1 Å². The van der Waals surface area contributed by atoms with Crippen molar-refractivity contribution in [3.63, 3.8) is 0 Å². The van der Waals surface area contributed by atoms with E-state index >= 15 is 4.39 Å². The highest BCUT2D eigenvalue weighted by Crippen LogP contribution is 2.42. The summed E-state index contributed by atoms with van der Waals surface area (Å²) in [4.78, 5) is 43.1. The highest BCUT2D eigenvalue weighted by Gasteiger charge is 2.60. The van der Waals surface area contributed by atoms with Gasteiger partial charge in [-0.2, -0.15) is 0 Å². The predicted octanol–water partition coefficient (Wildman–Crippen LogP) is 4.54. The molecule has 0 saturated carbocycles. The highest BCUT2D eigenvalue weighted by atomic mass is 19.1. The fourth-order valence-corrected chi connectivity index (χ4v) is 7.92. The zero-order valence-electron chi connectivity index (χ0n) is 31.5. The minimum atomic E-state index is -2.98. The maximum atomic E-state index is 16.9. The first-order chi connectivity index (χ1) is 24.0. The lowest BCUT2D eigenvalue weighted by atomic mass is 9.62. The number of aromatic nitrogens is 3. The number of fused-ring (bicyclic) bond motifs is 1. The number of nitrogens with one attached hydrogen (secondary N) is 1. The van der Waals surface area contributed by atoms with E-state index in [1.807, 2.05) is 52.2 Å². The number of aryl methyl sites for hydroxylation is 1. The molecule has 0 radical (unpaired) electrons. The summed E-state index contributed by atoms with van der Waals surface area (Å²) < 4.78 is 36.6. The molecule has 3 heterocycles. The van der Waals surface area contributed by atoms with E-state index in [9.17, 15) is 14.4 Å². The van der Waals surface area contributed by atoms with Gasteiger partial charge in [0.05, 0.1) is 17.8 Å². The number of esters is 1. The Balaban J connectivity index is 1.60. The van der Waals surface area contributed by atoms with Crippen LogP contribution in [0.2, 0.25) is 5.82 Å². The van der Waals surface area contributed by atoms with Crippen molar-refractivity contribution in [1.82, 2.24) is 25.2 Å². The molecule has 9 atom stereocenters. The number of anilines is 1. The summed E-state index contributed by atoms with van der Waals surface area (Å²) in [5, 5.41) is 12.2. The number of halogens is 1. The molecule has 2 fully saturated rings. The van der Waals surface area contributed by atoms with E-state index in [0.29, 0.717) is 50.3 Å². The smallest absolute Gasteiger partial charge is 0.410 e. The van der Waals surface area contributed by atoms with Crippen molar-refractivity contribution in [3.05, 3.63) is 43.1 Å². The number of unbranched alkanes of at least 4 members (excludes halogenated alkanes) is 1. The number of alkyl halides is 1. The molecule has 1 amide bonds. The van der Waals surface area contributed by atoms with Gasteiger partial charge in [-0.25, -0.2) is 14.0 Å². The number of ketones is 1. The molecule has 2 aliphatic rings. The third-order valence-corrected chi connectivity index (χ3v) is 11.2. The first kappa shape index (κ1) is 40.0. The van der Waals surface area contributed by atoms with Crippen LogP contribution < -0.4 is 11.1 Å². The predicted molar refractivity (Wildman–Crippen MR) is 196 cm³/mol. The van der Waals surface area contributed by atoms with Crippen molar-refractivity contribution in [1.29, 1.82) is 0 Å². The van der Waals surface area contributed by atoms with Crippen LogP contribution in [0.3, 0.4) is 0 Å². The van der Waals surface area contributed by atoms with Crippen LogP contribution >= 0.6 is 0 Å². The third-order valence-electron chi connectivity index (χ3n) is 11.2. The standard InChI is InChI=1S/C37H56BFN6O6/c1-9-16-37(39)32(46)24(4)30(38)35(6,49-8)20-23(3)21-41-25(5)31-36(7,29(10-2)50-33(37)47)51-34(48)45(31)18-12-11-17-44-22-28(42-43-44)26-14-13-15-27(40)19-26/h9,13-15,19,22-25,29-31,41H,1,10-12,16-18,20-21,38,40H2,2-8H3/t23-,24-,25-,29-,30-,31-,35-,36-,37+/m1/s1. The quantitative estimate of drug-likeness (QED) is 0.0899. The second-order valence-corrected chi connectivity index (χ2v) is 15.0. The Labute approximate surface area is 302 Å². The lowest BCUT2D eigenvalue weighted by Crippen LogP contribution is -2.61. The minimum absolute atomic E-state index is 0.0769. The van der Waals surface area contributed by atoms with Gasteiger partial charge in [-0.15, -0.1) is 11.7 Å². The minimum Gasteiger partial charge on any atom is -0.455 e. The van der Waals surface area contributed by atoms with Crippen molar-refractivity contribution in [3.8, 4) is 11.3 Å². The fourth-order valence-electron chi connectivity index (χ4n) is 7.92. The van der Waals surface area contributed by atoms with Crippen LogP contribution in [-0.2, 0) is 30.3 Å². The van der Waals surface area contributed by atoms with Crippen molar-refractivity contribution in [2.75, 3.05) is 25.9 Å². The monoisotopic (exact) mass is 710 g/mol. The number of nitrogens with zero attached hydrogens (tertiary/aromatic N) is 4. The molecule has 0 spiro atoms. The summed E-state index contributed by atoms with van der Waals surface area (Å²) >= 11 is 0. The van der Waals surface area contributed by atoms with E-state index in [0.717, 1.165) is 5.56 Å². The largest absolute Gasteiger partial charge is 0.455 e. The first-order valence-corrected chi connectivity index (χ1v) is 18.1. The Kier molecular flexibility index (Phi) is 12.8. The van der Waals surface area contributed by atoms with E-state index < -0.39 is 65.0 Å². The zero-order chi connectivity index (χ0) is 37.7. The number of nitrogen functional groups attached to an aromatic ring is 1. The Morgan fingerprint density at radius 2 is 1.90 bits per heavy atom. The summed E-state index contributed by atoms with van der Waals surface area (Å²) in [6, 6.07) is 6.55. The van der Waals surface area contributed by atoms with Gasteiger partial charge in [0, 0.05) is 49.8 Å². The molecule has 3 N–H and O–H groups in total. The number of Topliss-reactive ketones (excluding diaryl/α,β-unsaturated/α-hetero) is 1. The molecule has 0 unspecified atom stereocenters. The molecular formula is C37H56BFN6O6. The maximum absolute atomic E-state index is 16.9. The summed E-state index contributed by atoms with van der Waals surface area (Å²) in [5.41, 5.74) is 3.04. The van der Waals surface area contributed by atoms with E-state index in [4.69, 9.17) is 19.9 Å². The zero-order valence-corrected chi connectivity index (χ0v) is 31.5. The van der Waals surface area contributed by atoms with Crippen molar-refractivity contribution in [2.24, 2.45) is 11.8 Å². The molecule has 1 aromatic carbocycles. The molecule has 4 rings (SSSR count). The van der Waals surface area contributed by atoms with E-state index in [1.165, 1.54) is 6.08 Å². The topological polar surface area (TPSA) is 151 Å². The van der Waals surface area contributed by atoms with Gasteiger partial charge in [0.2, 0.25) is 0 Å². The Morgan fingerprint density at radius 3 is 2.55 bits per heavy atom. The molecular weight excluding hydrogens is 654 g/mol. The number of carbonyl (C=O) groups is 3. The molecule has 2 aromatic rings. The van der Waals surface area contributed by atoms with Crippen molar-refractivity contribution in [2.45, 2.75) is 121 Å². The SMILES string of the molecule is B[C@@H]1[C@@H](C)C(=O)[C@@](F)(CC=C)C(=O)O[C@H](CC)[C@@]2(C)OC(=O)N(CCCCn3cc(-c4cccc(N)c4)nn3)[C@@H]2[C@@H](C)NC[C@H](C)C[C@@]1(C)OC. The van der Waals surface area contributed by atoms with Crippen LogP contribution in [-0.4, -0.2) is 101 Å². The molecule has 1 aromatic heterocycles. The van der Waals surface area contributed by atoms with E-state index in [1.54, 1.807) is 37.5 Å². The molecule has 2 saturated heterocycles. The summed E-state index contributed by atoms with van der Waals surface area (Å²) in [5.74, 6) is -3.41. The van der Waals surface area contributed by atoms with E-state index in [-0.39, 0.29) is 18.4 Å². The number of cyclic esters (lactones) is 1. The number of ether oxygens (including phenoxy) is 3. The van der Waals surface area contributed by atoms with Gasteiger partial charge in [0.15, 0.2) is 11.4 Å². The van der Waals surface area contributed by atoms with Crippen molar-refractivity contribution >= 4 is 31.4 Å². The number of hydrogen-bond acceptors (Lipinski definition) is 10. The normalized spacial score (nSPS) is 33.9. The van der Waals surface area contributed by atoms with Crippen molar-refractivity contribution < 1.29 is 33.0 Å².